The van der Waals surface area contributed by atoms with Gasteiger partial charge in [-0.2, -0.15) is 0 Å². The molecule has 100 valence electrons. The van der Waals surface area contributed by atoms with Gasteiger partial charge < -0.3 is 9.63 Å². The molecule has 0 aromatic heterocycles. The summed E-state index contributed by atoms with van der Waals surface area (Å²) in [5, 5.41) is 8.39. The minimum absolute atomic E-state index is 0.246. The van der Waals surface area contributed by atoms with Crippen molar-refractivity contribution in [3.05, 3.63) is 29.3 Å². The van der Waals surface area contributed by atoms with E-state index in [4.69, 9.17) is 9.63 Å². The Hall–Kier alpha value is -1.36. The first-order valence-corrected chi connectivity index (χ1v) is 6.76. The van der Waals surface area contributed by atoms with Gasteiger partial charge in [-0.1, -0.05) is 12.1 Å². The third kappa shape index (κ3) is 4.87. The first-order chi connectivity index (χ1) is 8.30. The standard InChI is InChI=1S/C11H15O6P/c1-8-3-4-9(2)10(7-8)17-18(14,15)16-6-5-11(12)13/h3-4,7H,5-6H2,1-2H3,(H,12,13)(H,14,15). The van der Waals surface area contributed by atoms with Crippen molar-refractivity contribution in [2.24, 2.45) is 0 Å². The molecule has 0 amide bonds. The molecule has 6 nitrogen and oxygen atoms in total. The van der Waals surface area contributed by atoms with Gasteiger partial charge in [0.25, 0.3) is 0 Å². The fourth-order valence-electron chi connectivity index (χ4n) is 1.20. The molecular formula is C11H15O6P. The lowest BCUT2D eigenvalue weighted by atomic mass is 10.1. The summed E-state index contributed by atoms with van der Waals surface area (Å²) in [6.45, 7) is 3.17. The minimum atomic E-state index is -4.28. The maximum absolute atomic E-state index is 11.5. The average molecular weight is 274 g/mol. The number of benzene rings is 1. The van der Waals surface area contributed by atoms with Crippen LogP contribution in [0.5, 0.6) is 5.75 Å². The van der Waals surface area contributed by atoms with E-state index in [2.05, 4.69) is 4.52 Å². The Morgan fingerprint density at radius 2 is 2.06 bits per heavy atom. The number of carboxylic acids is 1. The smallest absolute Gasteiger partial charge is 0.481 e. The van der Waals surface area contributed by atoms with Gasteiger partial charge in [0, 0.05) is 0 Å². The molecule has 1 unspecified atom stereocenters. The molecule has 0 saturated carbocycles. The van der Waals surface area contributed by atoms with Crippen molar-refractivity contribution in [3.8, 4) is 5.75 Å². The molecule has 2 N–H and O–H groups in total. The fraction of sp³-hybridized carbons (Fsp3) is 0.364. The van der Waals surface area contributed by atoms with Crippen molar-refractivity contribution in [2.45, 2.75) is 20.3 Å². The van der Waals surface area contributed by atoms with Gasteiger partial charge in [-0.15, -0.1) is 0 Å². The molecule has 0 radical (unpaired) electrons. The van der Waals surface area contributed by atoms with Crippen molar-refractivity contribution >= 4 is 13.8 Å². The maximum atomic E-state index is 11.5. The Labute approximate surface area is 105 Å². The Morgan fingerprint density at radius 1 is 1.39 bits per heavy atom. The maximum Gasteiger partial charge on any atom is 0.527 e. The molecule has 1 aromatic rings. The largest absolute Gasteiger partial charge is 0.527 e. The van der Waals surface area contributed by atoms with Gasteiger partial charge in [-0.05, 0) is 31.0 Å². The van der Waals surface area contributed by atoms with E-state index in [1.165, 1.54) is 0 Å². The van der Waals surface area contributed by atoms with Crippen molar-refractivity contribution in [1.29, 1.82) is 0 Å². The van der Waals surface area contributed by atoms with E-state index in [0.29, 0.717) is 5.56 Å². The van der Waals surface area contributed by atoms with Crippen LogP contribution < -0.4 is 4.52 Å². The topological polar surface area (TPSA) is 93.1 Å². The zero-order valence-electron chi connectivity index (χ0n) is 10.1. The van der Waals surface area contributed by atoms with E-state index in [-0.39, 0.29) is 18.8 Å². The van der Waals surface area contributed by atoms with Gasteiger partial charge in [-0.3, -0.25) is 14.2 Å². The molecule has 1 rings (SSSR count). The zero-order chi connectivity index (χ0) is 13.8. The molecule has 0 fully saturated rings. The first kappa shape index (κ1) is 14.7. The van der Waals surface area contributed by atoms with E-state index < -0.39 is 13.8 Å². The highest BCUT2D eigenvalue weighted by atomic mass is 31.2. The van der Waals surface area contributed by atoms with Crippen LogP contribution in [0.2, 0.25) is 0 Å². The monoisotopic (exact) mass is 274 g/mol. The number of rotatable bonds is 6. The molecule has 0 aliphatic heterocycles. The van der Waals surface area contributed by atoms with Gasteiger partial charge in [0.05, 0.1) is 13.0 Å². The predicted molar refractivity (Wildman–Crippen MR) is 64.6 cm³/mol. The number of aryl methyl sites for hydroxylation is 2. The van der Waals surface area contributed by atoms with Crippen LogP contribution in [-0.4, -0.2) is 22.6 Å². The Bertz CT molecular complexity index is 484. The summed E-state index contributed by atoms with van der Waals surface area (Å²) < 4.78 is 21.0. The van der Waals surface area contributed by atoms with Crippen LogP contribution in [0.3, 0.4) is 0 Å². The van der Waals surface area contributed by atoms with Crippen LogP contribution >= 0.6 is 7.82 Å². The predicted octanol–water partition coefficient (Wildman–Crippen LogP) is 2.27. The average Bonchev–Trinajstić information content (AvgIpc) is 2.22. The van der Waals surface area contributed by atoms with Gasteiger partial charge in [0.1, 0.15) is 5.75 Å². The van der Waals surface area contributed by atoms with Crippen LogP contribution in [0.25, 0.3) is 0 Å². The van der Waals surface area contributed by atoms with E-state index in [1.807, 2.05) is 13.0 Å². The lowest BCUT2D eigenvalue weighted by Crippen LogP contribution is -2.04. The summed E-state index contributed by atoms with van der Waals surface area (Å²) in [5.41, 5.74) is 1.57. The second-order valence-corrected chi connectivity index (χ2v) is 5.18. The van der Waals surface area contributed by atoms with Crippen LogP contribution in [-0.2, 0) is 13.9 Å². The third-order valence-corrected chi connectivity index (χ3v) is 3.06. The normalized spacial score (nSPS) is 13.9. The summed E-state index contributed by atoms with van der Waals surface area (Å²) in [7, 11) is -4.28. The third-order valence-electron chi connectivity index (χ3n) is 2.13. The van der Waals surface area contributed by atoms with E-state index in [9.17, 15) is 14.3 Å². The molecule has 0 aliphatic rings. The molecule has 1 atom stereocenters. The molecule has 18 heavy (non-hydrogen) atoms. The van der Waals surface area contributed by atoms with Gasteiger partial charge in [-0.25, -0.2) is 4.57 Å². The highest BCUT2D eigenvalue weighted by Gasteiger charge is 2.24. The number of phosphoric ester groups is 1. The fourth-order valence-corrected chi connectivity index (χ4v) is 2.02. The van der Waals surface area contributed by atoms with Crippen LogP contribution in [0.4, 0.5) is 0 Å². The first-order valence-electron chi connectivity index (χ1n) is 5.26. The lowest BCUT2D eigenvalue weighted by Gasteiger charge is -2.14. The second-order valence-electron chi connectivity index (χ2n) is 3.81. The summed E-state index contributed by atoms with van der Waals surface area (Å²) in [6, 6.07) is 5.20. The number of carboxylic acid groups (broad SMARTS) is 1. The van der Waals surface area contributed by atoms with Crippen molar-refractivity contribution < 1.29 is 28.4 Å². The highest BCUT2D eigenvalue weighted by molar-refractivity contribution is 7.47. The van der Waals surface area contributed by atoms with Gasteiger partial charge in [0.15, 0.2) is 0 Å². The zero-order valence-corrected chi connectivity index (χ0v) is 11.0. The van der Waals surface area contributed by atoms with Crippen LogP contribution in [0, 0.1) is 13.8 Å². The van der Waals surface area contributed by atoms with E-state index in [0.717, 1.165) is 5.56 Å². The second kappa shape index (κ2) is 6.00. The molecule has 1 aromatic carbocycles. The molecule has 0 aliphatic carbocycles. The van der Waals surface area contributed by atoms with Crippen molar-refractivity contribution in [3.63, 3.8) is 0 Å². The molecule has 0 spiro atoms. The van der Waals surface area contributed by atoms with Crippen LogP contribution in [0.15, 0.2) is 18.2 Å². The number of carbonyl (C=O) groups is 1. The number of hydrogen-bond donors (Lipinski definition) is 2. The number of aliphatic carboxylic acids is 1. The van der Waals surface area contributed by atoms with Crippen LogP contribution in [0.1, 0.15) is 17.5 Å². The van der Waals surface area contributed by atoms with E-state index in [1.54, 1.807) is 19.1 Å². The summed E-state index contributed by atoms with van der Waals surface area (Å²) in [4.78, 5) is 19.7. The highest BCUT2D eigenvalue weighted by Crippen LogP contribution is 2.44. The van der Waals surface area contributed by atoms with Gasteiger partial charge >= 0.3 is 13.8 Å². The van der Waals surface area contributed by atoms with E-state index >= 15 is 0 Å². The molecule has 0 saturated heterocycles. The minimum Gasteiger partial charge on any atom is -0.481 e. The van der Waals surface area contributed by atoms with Crippen molar-refractivity contribution in [1.82, 2.24) is 0 Å². The van der Waals surface area contributed by atoms with Crippen molar-refractivity contribution in [2.75, 3.05) is 6.61 Å². The number of hydrogen-bond acceptors (Lipinski definition) is 4. The lowest BCUT2D eigenvalue weighted by molar-refractivity contribution is -0.137. The molecule has 0 bridgehead atoms. The molecular weight excluding hydrogens is 259 g/mol. The summed E-state index contributed by atoms with van der Waals surface area (Å²) in [5.74, 6) is -0.863. The number of phosphoric acid groups is 1. The Morgan fingerprint density at radius 3 is 2.67 bits per heavy atom. The Balaban J connectivity index is 2.67. The quantitative estimate of drug-likeness (QED) is 0.773. The SMILES string of the molecule is Cc1ccc(C)c(OP(=O)(O)OCCC(=O)O)c1. The molecule has 7 heteroatoms. The summed E-state index contributed by atoms with van der Waals surface area (Å²) in [6.07, 6.45) is -0.360. The summed E-state index contributed by atoms with van der Waals surface area (Å²) >= 11 is 0. The Kier molecular flexibility index (Phi) is 4.90. The van der Waals surface area contributed by atoms with Gasteiger partial charge in [0.2, 0.25) is 0 Å². The molecule has 0 heterocycles.